The van der Waals surface area contributed by atoms with Crippen molar-refractivity contribution in [2.45, 2.75) is 63.9 Å². The van der Waals surface area contributed by atoms with Gasteiger partial charge in [-0.3, -0.25) is 0 Å². The molecule has 0 aromatic carbocycles. The van der Waals surface area contributed by atoms with Crippen molar-refractivity contribution in [3.05, 3.63) is 12.2 Å². The van der Waals surface area contributed by atoms with Gasteiger partial charge < -0.3 is 10.1 Å². The molecule has 0 radical (unpaired) electrons. The SMILES string of the molecule is CCNCCC=CC1CCOC2(CCCCC2)C1. The number of hydrogen-bond acceptors (Lipinski definition) is 2. The molecule has 1 unspecified atom stereocenters. The number of hydrogen-bond donors (Lipinski definition) is 1. The highest BCUT2D eigenvalue weighted by Gasteiger charge is 2.37. The highest BCUT2D eigenvalue weighted by Crippen LogP contribution is 2.40. The maximum Gasteiger partial charge on any atom is 0.0688 e. The van der Waals surface area contributed by atoms with Gasteiger partial charge in [-0.1, -0.05) is 38.3 Å². The van der Waals surface area contributed by atoms with Crippen molar-refractivity contribution < 1.29 is 4.74 Å². The summed E-state index contributed by atoms with van der Waals surface area (Å²) in [6, 6.07) is 0. The Kier molecular flexibility index (Phi) is 5.71. The Hall–Kier alpha value is -0.340. The smallest absolute Gasteiger partial charge is 0.0688 e. The molecule has 2 fully saturated rings. The fourth-order valence-corrected chi connectivity index (χ4v) is 3.43. The monoisotopic (exact) mass is 251 g/mol. The van der Waals surface area contributed by atoms with Gasteiger partial charge in [-0.25, -0.2) is 0 Å². The molecule has 0 aromatic heterocycles. The van der Waals surface area contributed by atoms with Gasteiger partial charge in [0.2, 0.25) is 0 Å². The molecule has 2 rings (SSSR count). The van der Waals surface area contributed by atoms with E-state index in [9.17, 15) is 0 Å². The second-order valence-electron chi connectivity index (χ2n) is 5.92. The summed E-state index contributed by atoms with van der Waals surface area (Å²) >= 11 is 0. The molecule has 0 amide bonds. The summed E-state index contributed by atoms with van der Waals surface area (Å²) in [4.78, 5) is 0. The molecule has 1 saturated carbocycles. The fourth-order valence-electron chi connectivity index (χ4n) is 3.43. The molecule has 0 bridgehead atoms. The Morgan fingerprint density at radius 3 is 2.89 bits per heavy atom. The van der Waals surface area contributed by atoms with Gasteiger partial charge in [-0.15, -0.1) is 0 Å². The van der Waals surface area contributed by atoms with Crippen LogP contribution in [0.25, 0.3) is 0 Å². The van der Waals surface area contributed by atoms with E-state index in [4.69, 9.17) is 4.74 Å². The van der Waals surface area contributed by atoms with Crippen LogP contribution in [0.15, 0.2) is 12.2 Å². The number of ether oxygens (including phenoxy) is 1. The van der Waals surface area contributed by atoms with Crippen LogP contribution in [0.3, 0.4) is 0 Å². The van der Waals surface area contributed by atoms with Crippen LogP contribution in [0.4, 0.5) is 0 Å². The topological polar surface area (TPSA) is 21.3 Å². The molecule has 1 saturated heterocycles. The summed E-state index contributed by atoms with van der Waals surface area (Å²) in [5, 5.41) is 3.37. The van der Waals surface area contributed by atoms with Crippen molar-refractivity contribution in [1.29, 1.82) is 0 Å². The van der Waals surface area contributed by atoms with Crippen LogP contribution in [0.2, 0.25) is 0 Å². The Morgan fingerprint density at radius 1 is 1.28 bits per heavy atom. The maximum absolute atomic E-state index is 6.14. The lowest BCUT2D eigenvalue weighted by Crippen LogP contribution is -2.41. The van der Waals surface area contributed by atoms with Crippen molar-refractivity contribution in [3.8, 4) is 0 Å². The highest BCUT2D eigenvalue weighted by atomic mass is 16.5. The van der Waals surface area contributed by atoms with Gasteiger partial charge in [0.05, 0.1) is 5.60 Å². The van der Waals surface area contributed by atoms with Gasteiger partial charge in [0.25, 0.3) is 0 Å². The summed E-state index contributed by atoms with van der Waals surface area (Å²) in [6.45, 7) is 5.33. The molecule has 1 N–H and O–H groups in total. The highest BCUT2D eigenvalue weighted by molar-refractivity contribution is 4.97. The van der Waals surface area contributed by atoms with E-state index in [0.717, 1.165) is 32.0 Å². The molecule has 1 atom stereocenters. The summed E-state index contributed by atoms with van der Waals surface area (Å²) < 4.78 is 6.14. The first-order chi connectivity index (χ1) is 8.85. The van der Waals surface area contributed by atoms with Crippen LogP contribution < -0.4 is 5.32 Å². The third kappa shape index (κ3) is 4.10. The average Bonchev–Trinajstić information content (AvgIpc) is 2.40. The average molecular weight is 251 g/mol. The van der Waals surface area contributed by atoms with Crippen molar-refractivity contribution in [2.75, 3.05) is 19.7 Å². The Bertz CT molecular complexity index is 250. The summed E-state index contributed by atoms with van der Waals surface area (Å²) in [7, 11) is 0. The molecule has 2 aliphatic rings. The molecule has 18 heavy (non-hydrogen) atoms. The van der Waals surface area contributed by atoms with Gasteiger partial charge in [0.1, 0.15) is 0 Å². The zero-order valence-corrected chi connectivity index (χ0v) is 11.9. The van der Waals surface area contributed by atoms with E-state index in [1.54, 1.807) is 0 Å². The van der Waals surface area contributed by atoms with Crippen LogP contribution >= 0.6 is 0 Å². The molecule has 1 spiro atoms. The van der Waals surface area contributed by atoms with Crippen molar-refractivity contribution >= 4 is 0 Å². The van der Waals surface area contributed by atoms with E-state index in [1.807, 2.05) is 0 Å². The molecule has 2 heteroatoms. The molecule has 1 aliphatic carbocycles. The lowest BCUT2D eigenvalue weighted by molar-refractivity contribution is -0.111. The first kappa shape index (κ1) is 14.1. The van der Waals surface area contributed by atoms with Crippen LogP contribution in [-0.2, 0) is 4.74 Å². The maximum atomic E-state index is 6.14. The number of allylic oxidation sites excluding steroid dienone is 1. The Balaban J connectivity index is 1.75. The lowest BCUT2D eigenvalue weighted by Gasteiger charge is -2.43. The summed E-state index contributed by atoms with van der Waals surface area (Å²) in [5.41, 5.74) is 0.257. The number of nitrogens with one attached hydrogen (secondary N) is 1. The minimum atomic E-state index is 0.257. The second kappa shape index (κ2) is 7.30. The van der Waals surface area contributed by atoms with Crippen molar-refractivity contribution in [3.63, 3.8) is 0 Å². The van der Waals surface area contributed by atoms with Crippen LogP contribution in [0.1, 0.15) is 58.3 Å². The second-order valence-corrected chi connectivity index (χ2v) is 5.92. The van der Waals surface area contributed by atoms with Gasteiger partial charge in [-0.2, -0.15) is 0 Å². The summed E-state index contributed by atoms with van der Waals surface area (Å²) in [5.74, 6) is 0.762. The van der Waals surface area contributed by atoms with E-state index in [-0.39, 0.29) is 5.60 Å². The summed E-state index contributed by atoms with van der Waals surface area (Å²) in [6.07, 6.45) is 15.2. The minimum absolute atomic E-state index is 0.257. The van der Waals surface area contributed by atoms with Crippen molar-refractivity contribution in [1.82, 2.24) is 5.32 Å². The standard InChI is InChI=1S/C16H29NO/c1-2-17-12-7-4-8-15-9-13-18-16(14-15)10-5-3-6-11-16/h4,8,15,17H,2-3,5-7,9-14H2,1H3. The van der Waals surface area contributed by atoms with Gasteiger partial charge in [0, 0.05) is 6.61 Å². The van der Waals surface area contributed by atoms with E-state index in [2.05, 4.69) is 24.4 Å². The van der Waals surface area contributed by atoms with Gasteiger partial charge >= 0.3 is 0 Å². The molecule has 1 heterocycles. The van der Waals surface area contributed by atoms with Crippen LogP contribution in [0, 0.1) is 5.92 Å². The largest absolute Gasteiger partial charge is 0.375 e. The van der Waals surface area contributed by atoms with E-state index >= 15 is 0 Å². The predicted molar refractivity (Wildman–Crippen MR) is 76.8 cm³/mol. The molecule has 104 valence electrons. The third-order valence-corrected chi connectivity index (χ3v) is 4.44. The molecule has 2 nitrogen and oxygen atoms in total. The van der Waals surface area contributed by atoms with Crippen LogP contribution in [0.5, 0.6) is 0 Å². The minimum Gasteiger partial charge on any atom is -0.375 e. The first-order valence-electron chi connectivity index (χ1n) is 7.86. The number of rotatable bonds is 5. The van der Waals surface area contributed by atoms with Crippen LogP contribution in [-0.4, -0.2) is 25.3 Å². The van der Waals surface area contributed by atoms with Gasteiger partial charge in [0.15, 0.2) is 0 Å². The fraction of sp³-hybridized carbons (Fsp3) is 0.875. The molecular formula is C16H29NO. The molecule has 0 aromatic rings. The zero-order chi connectivity index (χ0) is 12.7. The van der Waals surface area contributed by atoms with E-state index in [0.29, 0.717) is 0 Å². The predicted octanol–water partition coefficient (Wildman–Crippen LogP) is 3.67. The molecular weight excluding hydrogens is 222 g/mol. The van der Waals surface area contributed by atoms with E-state index in [1.165, 1.54) is 44.9 Å². The first-order valence-corrected chi connectivity index (χ1v) is 7.86. The van der Waals surface area contributed by atoms with Gasteiger partial charge in [-0.05, 0) is 51.1 Å². The van der Waals surface area contributed by atoms with E-state index < -0.39 is 0 Å². The molecule has 1 aliphatic heterocycles. The Morgan fingerprint density at radius 2 is 2.11 bits per heavy atom. The lowest BCUT2D eigenvalue weighted by atomic mass is 9.76. The Labute approximate surface area is 112 Å². The quantitative estimate of drug-likeness (QED) is 0.594. The normalized spacial score (nSPS) is 27.9. The third-order valence-electron chi connectivity index (χ3n) is 4.44. The van der Waals surface area contributed by atoms with Crippen molar-refractivity contribution in [2.24, 2.45) is 5.92 Å². The zero-order valence-electron chi connectivity index (χ0n) is 11.9.